The minimum absolute atomic E-state index is 0.355. The van der Waals surface area contributed by atoms with E-state index in [-0.39, 0.29) is 0 Å². The maximum absolute atomic E-state index is 5.40. The molecule has 0 aromatic heterocycles. The zero-order chi connectivity index (χ0) is 6.15. The Balaban J connectivity index is 2.39. The van der Waals surface area contributed by atoms with Gasteiger partial charge in [0.1, 0.15) is 0 Å². The summed E-state index contributed by atoms with van der Waals surface area (Å²) in [5.74, 6) is 0. The lowest BCUT2D eigenvalue weighted by Crippen LogP contribution is -2.09. The molecule has 1 heterocycles. The third-order valence-electron chi connectivity index (χ3n) is 1.56. The van der Waals surface area contributed by atoms with Crippen molar-refractivity contribution in [1.29, 1.82) is 0 Å². The van der Waals surface area contributed by atoms with Crippen LogP contribution in [0.25, 0.3) is 0 Å². The van der Waals surface area contributed by atoms with E-state index in [4.69, 9.17) is 4.74 Å². The zero-order valence-corrected chi connectivity index (χ0v) is 6.19. The van der Waals surface area contributed by atoms with Crippen molar-refractivity contribution in [2.45, 2.75) is 37.7 Å². The van der Waals surface area contributed by atoms with Crippen molar-refractivity contribution in [3.05, 3.63) is 0 Å². The highest BCUT2D eigenvalue weighted by molar-refractivity contribution is 7.81. The monoisotopic (exact) mass is 132 g/mol. The highest BCUT2D eigenvalue weighted by atomic mass is 32.1. The first-order chi connectivity index (χ1) is 3.70. The van der Waals surface area contributed by atoms with Crippen molar-refractivity contribution < 1.29 is 4.74 Å². The molecule has 1 fully saturated rings. The van der Waals surface area contributed by atoms with E-state index >= 15 is 0 Å². The van der Waals surface area contributed by atoms with Gasteiger partial charge in [-0.25, -0.2) is 0 Å². The van der Waals surface area contributed by atoms with Gasteiger partial charge in [-0.05, 0) is 20.3 Å². The van der Waals surface area contributed by atoms with Crippen molar-refractivity contribution in [1.82, 2.24) is 0 Å². The Morgan fingerprint density at radius 1 is 1.50 bits per heavy atom. The summed E-state index contributed by atoms with van der Waals surface area (Å²) < 4.78 is 5.40. The van der Waals surface area contributed by atoms with Gasteiger partial charge in [-0.2, -0.15) is 12.6 Å². The van der Waals surface area contributed by atoms with Gasteiger partial charge < -0.3 is 4.74 Å². The van der Waals surface area contributed by atoms with Gasteiger partial charge in [-0.3, -0.25) is 0 Å². The number of rotatable bonds is 0. The molecular formula is C6H12OS. The molecule has 0 radical (unpaired) electrons. The van der Waals surface area contributed by atoms with Gasteiger partial charge in [0.15, 0.2) is 0 Å². The Kier molecular flexibility index (Phi) is 1.83. The van der Waals surface area contributed by atoms with Crippen molar-refractivity contribution in [3.8, 4) is 0 Å². The van der Waals surface area contributed by atoms with Gasteiger partial charge in [-0.1, -0.05) is 0 Å². The lowest BCUT2D eigenvalue weighted by atomic mass is 10.2. The molecule has 0 N–H and O–H groups in total. The molecule has 0 unspecified atom stereocenters. The zero-order valence-electron chi connectivity index (χ0n) is 5.29. The summed E-state index contributed by atoms with van der Waals surface area (Å²) in [6.45, 7) is 4.16. The summed E-state index contributed by atoms with van der Waals surface area (Å²) >= 11 is 4.32. The Morgan fingerprint density at radius 2 is 2.12 bits per heavy atom. The van der Waals surface area contributed by atoms with Crippen LogP contribution in [-0.4, -0.2) is 17.5 Å². The molecule has 0 aromatic rings. The van der Waals surface area contributed by atoms with Crippen molar-refractivity contribution in [2.75, 3.05) is 0 Å². The Hall–Kier alpha value is 0.310. The first kappa shape index (κ1) is 6.43. The van der Waals surface area contributed by atoms with Crippen LogP contribution in [0.15, 0.2) is 0 Å². The van der Waals surface area contributed by atoms with E-state index in [1.165, 1.54) is 0 Å². The second kappa shape index (κ2) is 2.28. The maximum atomic E-state index is 5.40. The quantitative estimate of drug-likeness (QED) is 0.491. The lowest BCUT2D eigenvalue weighted by molar-refractivity contribution is 0.0684. The van der Waals surface area contributed by atoms with E-state index < -0.39 is 0 Å². The van der Waals surface area contributed by atoms with Gasteiger partial charge in [0, 0.05) is 5.25 Å². The molecule has 0 bridgehead atoms. The summed E-state index contributed by atoms with van der Waals surface area (Å²) in [6.07, 6.45) is 1.88. The first-order valence-corrected chi connectivity index (χ1v) is 3.55. The van der Waals surface area contributed by atoms with Crippen molar-refractivity contribution in [3.63, 3.8) is 0 Å². The largest absolute Gasteiger partial charge is 0.374 e. The summed E-state index contributed by atoms with van der Waals surface area (Å²) in [5, 5.41) is 0.463. The fourth-order valence-corrected chi connectivity index (χ4v) is 1.41. The molecule has 3 atom stereocenters. The molecule has 1 nitrogen and oxygen atoms in total. The van der Waals surface area contributed by atoms with Crippen LogP contribution in [0.3, 0.4) is 0 Å². The van der Waals surface area contributed by atoms with Crippen LogP contribution in [-0.2, 0) is 4.74 Å². The standard InChI is InChI=1S/C6H12OS/c1-4-3-6(8)5(2)7-4/h4-6,8H,3H2,1-2H3/t4-,5-,6+/m0/s1. The fourth-order valence-electron chi connectivity index (χ4n) is 1.04. The van der Waals surface area contributed by atoms with E-state index in [0.29, 0.717) is 17.5 Å². The second-order valence-corrected chi connectivity index (χ2v) is 3.12. The van der Waals surface area contributed by atoms with Crippen molar-refractivity contribution in [2.24, 2.45) is 0 Å². The third kappa shape index (κ3) is 1.17. The van der Waals surface area contributed by atoms with Crippen LogP contribution >= 0.6 is 12.6 Å². The summed E-state index contributed by atoms with van der Waals surface area (Å²) in [7, 11) is 0. The SMILES string of the molecule is C[C@@H]1O[C@@H](C)C[C@H]1S. The Labute approximate surface area is 55.8 Å². The van der Waals surface area contributed by atoms with Gasteiger partial charge in [0.2, 0.25) is 0 Å². The van der Waals surface area contributed by atoms with E-state index in [2.05, 4.69) is 26.5 Å². The number of ether oxygens (including phenoxy) is 1. The van der Waals surface area contributed by atoms with E-state index in [0.717, 1.165) is 6.42 Å². The summed E-state index contributed by atoms with van der Waals surface area (Å²) in [4.78, 5) is 0. The van der Waals surface area contributed by atoms with Gasteiger partial charge in [0.05, 0.1) is 12.2 Å². The molecule has 48 valence electrons. The summed E-state index contributed by atoms with van der Waals surface area (Å²) in [5.41, 5.74) is 0. The fraction of sp³-hybridized carbons (Fsp3) is 1.00. The maximum Gasteiger partial charge on any atom is 0.0667 e. The number of hydrogen-bond acceptors (Lipinski definition) is 2. The Morgan fingerprint density at radius 3 is 2.25 bits per heavy atom. The molecule has 2 heteroatoms. The predicted octanol–water partition coefficient (Wildman–Crippen LogP) is 1.48. The normalized spacial score (nSPS) is 47.6. The molecule has 0 spiro atoms. The molecule has 1 rings (SSSR count). The molecule has 0 aliphatic carbocycles. The molecule has 1 aliphatic rings. The third-order valence-corrected chi connectivity index (χ3v) is 2.19. The average molecular weight is 132 g/mol. The lowest BCUT2D eigenvalue weighted by Gasteiger charge is -2.04. The smallest absolute Gasteiger partial charge is 0.0667 e. The van der Waals surface area contributed by atoms with Crippen molar-refractivity contribution >= 4 is 12.6 Å². The van der Waals surface area contributed by atoms with Crippen LogP contribution in [0.4, 0.5) is 0 Å². The molecular weight excluding hydrogens is 120 g/mol. The molecule has 0 aromatic carbocycles. The molecule has 8 heavy (non-hydrogen) atoms. The molecule has 0 saturated carbocycles. The number of hydrogen-bond donors (Lipinski definition) is 1. The van der Waals surface area contributed by atoms with Gasteiger partial charge in [0.25, 0.3) is 0 Å². The first-order valence-electron chi connectivity index (χ1n) is 3.03. The van der Waals surface area contributed by atoms with E-state index in [1.54, 1.807) is 0 Å². The van der Waals surface area contributed by atoms with E-state index in [9.17, 15) is 0 Å². The molecule has 1 aliphatic heterocycles. The van der Waals surface area contributed by atoms with E-state index in [1.807, 2.05) is 0 Å². The second-order valence-electron chi connectivity index (χ2n) is 2.45. The predicted molar refractivity (Wildman–Crippen MR) is 37.4 cm³/mol. The average Bonchev–Trinajstić information content (AvgIpc) is 1.85. The van der Waals surface area contributed by atoms with Gasteiger partial charge >= 0.3 is 0 Å². The highest BCUT2D eigenvalue weighted by Crippen LogP contribution is 2.23. The molecule has 0 amide bonds. The minimum Gasteiger partial charge on any atom is -0.374 e. The number of thiol groups is 1. The molecule has 1 saturated heterocycles. The van der Waals surface area contributed by atoms with Gasteiger partial charge in [-0.15, -0.1) is 0 Å². The highest BCUT2D eigenvalue weighted by Gasteiger charge is 2.25. The van der Waals surface area contributed by atoms with Crippen LogP contribution in [0, 0.1) is 0 Å². The topological polar surface area (TPSA) is 9.23 Å². The van der Waals surface area contributed by atoms with Crippen LogP contribution < -0.4 is 0 Å². The van der Waals surface area contributed by atoms with Crippen LogP contribution in [0.5, 0.6) is 0 Å². The minimum atomic E-state index is 0.355. The summed E-state index contributed by atoms with van der Waals surface area (Å²) in [6, 6.07) is 0. The van der Waals surface area contributed by atoms with Crippen LogP contribution in [0.1, 0.15) is 20.3 Å². The van der Waals surface area contributed by atoms with Crippen LogP contribution in [0.2, 0.25) is 0 Å². The Bertz CT molecular complexity index is 74.6.